The van der Waals surface area contributed by atoms with Gasteiger partial charge in [-0.1, -0.05) is 33.6 Å². The lowest BCUT2D eigenvalue weighted by Crippen LogP contribution is -2.21. The summed E-state index contributed by atoms with van der Waals surface area (Å²) in [5.41, 5.74) is 6.37. The monoisotopic (exact) mass is 285 g/mol. The molecule has 0 heterocycles. The fourth-order valence-corrected chi connectivity index (χ4v) is 2.04. The van der Waals surface area contributed by atoms with Crippen LogP contribution in [0.3, 0.4) is 0 Å². The van der Waals surface area contributed by atoms with Gasteiger partial charge in [-0.3, -0.25) is 0 Å². The van der Waals surface area contributed by atoms with E-state index in [2.05, 4.69) is 0 Å². The van der Waals surface area contributed by atoms with Gasteiger partial charge in [0, 0.05) is 6.04 Å². The zero-order valence-corrected chi connectivity index (χ0v) is 12.6. The molecule has 0 saturated carbocycles. The largest absolute Gasteiger partial charge is 0.487 e. The molecule has 0 saturated heterocycles. The first-order valence-corrected chi connectivity index (χ1v) is 7.37. The first-order valence-electron chi connectivity index (χ1n) is 7.37. The number of benzene rings is 1. The fraction of sp³-hybridized carbons (Fsp3) is 0.625. The Bertz CT molecular complexity index is 396. The molecule has 2 nitrogen and oxygen atoms in total. The third-order valence-electron chi connectivity index (χ3n) is 3.70. The molecule has 0 amide bonds. The van der Waals surface area contributed by atoms with Gasteiger partial charge in [0.05, 0.1) is 6.61 Å². The average Bonchev–Trinajstić information content (AvgIpc) is 2.42. The van der Waals surface area contributed by atoms with Crippen LogP contribution in [-0.2, 0) is 6.42 Å². The molecular weight excluding hydrogens is 260 g/mol. The van der Waals surface area contributed by atoms with Gasteiger partial charge in [-0.25, -0.2) is 8.78 Å². The summed E-state index contributed by atoms with van der Waals surface area (Å²) in [6.07, 6.45) is 3.11. The van der Waals surface area contributed by atoms with E-state index in [0.29, 0.717) is 24.5 Å². The molecular formula is C16H25F2NO. The average molecular weight is 285 g/mol. The van der Waals surface area contributed by atoms with Crippen molar-refractivity contribution in [1.29, 1.82) is 0 Å². The van der Waals surface area contributed by atoms with Crippen LogP contribution in [0.1, 0.15) is 45.6 Å². The van der Waals surface area contributed by atoms with Crippen molar-refractivity contribution >= 4 is 0 Å². The van der Waals surface area contributed by atoms with Gasteiger partial charge < -0.3 is 10.5 Å². The number of halogens is 2. The number of ether oxygens (including phenoxy) is 1. The summed E-state index contributed by atoms with van der Waals surface area (Å²) in [6, 6.07) is 2.56. The zero-order chi connectivity index (χ0) is 15.1. The number of rotatable bonds is 8. The third kappa shape index (κ3) is 4.75. The quantitative estimate of drug-likeness (QED) is 0.781. The Morgan fingerprint density at radius 2 is 1.60 bits per heavy atom. The fourth-order valence-electron chi connectivity index (χ4n) is 2.04. The summed E-state index contributed by atoms with van der Waals surface area (Å²) < 4.78 is 33.2. The van der Waals surface area contributed by atoms with Gasteiger partial charge in [0.2, 0.25) is 0 Å². The van der Waals surface area contributed by atoms with E-state index in [1.54, 1.807) is 0 Å². The maximum Gasteiger partial charge on any atom is 0.190 e. The minimum Gasteiger partial charge on any atom is -0.487 e. The second-order valence-corrected chi connectivity index (χ2v) is 5.25. The molecule has 0 aliphatic carbocycles. The van der Waals surface area contributed by atoms with Gasteiger partial charge in [0.15, 0.2) is 17.4 Å². The van der Waals surface area contributed by atoms with Gasteiger partial charge in [-0.15, -0.1) is 0 Å². The van der Waals surface area contributed by atoms with Gasteiger partial charge in [-0.2, -0.15) is 0 Å². The summed E-state index contributed by atoms with van der Waals surface area (Å²) in [4.78, 5) is 0. The van der Waals surface area contributed by atoms with Crippen LogP contribution in [0.4, 0.5) is 8.78 Å². The molecule has 0 aliphatic rings. The Balaban J connectivity index is 2.78. The highest BCUT2D eigenvalue weighted by Crippen LogP contribution is 2.25. The van der Waals surface area contributed by atoms with Crippen molar-refractivity contribution in [2.24, 2.45) is 11.7 Å². The number of hydrogen-bond donors (Lipinski definition) is 1. The highest BCUT2D eigenvalue weighted by atomic mass is 19.1. The van der Waals surface area contributed by atoms with Gasteiger partial charge in [0.25, 0.3) is 0 Å². The smallest absolute Gasteiger partial charge is 0.190 e. The van der Waals surface area contributed by atoms with Crippen LogP contribution in [0.25, 0.3) is 0 Å². The summed E-state index contributed by atoms with van der Waals surface area (Å²) >= 11 is 0. The maximum atomic E-state index is 13.9. The van der Waals surface area contributed by atoms with Gasteiger partial charge >= 0.3 is 0 Å². The van der Waals surface area contributed by atoms with E-state index in [4.69, 9.17) is 10.5 Å². The number of nitrogens with two attached hydrogens (primary N) is 1. The Labute approximate surface area is 120 Å². The van der Waals surface area contributed by atoms with Crippen molar-refractivity contribution in [1.82, 2.24) is 0 Å². The zero-order valence-electron chi connectivity index (χ0n) is 12.6. The van der Waals surface area contributed by atoms with Crippen LogP contribution in [0, 0.1) is 17.6 Å². The molecule has 1 rings (SSSR count). The molecule has 0 bridgehead atoms. The molecule has 0 aliphatic heterocycles. The highest BCUT2D eigenvalue weighted by molar-refractivity contribution is 5.31. The predicted molar refractivity (Wildman–Crippen MR) is 77.9 cm³/mol. The standard InChI is InChI=1S/C16H25F2NO/c1-4-11(5-2)10-20-16-14(17)8-12(9-15(16)18)7-13(19)6-3/h8-9,11,13H,4-7,10,19H2,1-3H3. The normalized spacial score (nSPS) is 12.8. The summed E-state index contributed by atoms with van der Waals surface area (Å²) in [5.74, 6) is -1.24. The first kappa shape index (κ1) is 16.9. The Kier molecular flexibility index (Phi) is 6.93. The minimum atomic E-state index is -0.644. The lowest BCUT2D eigenvalue weighted by Gasteiger charge is -2.16. The van der Waals surface area contributed by atoms with Gasteiger partial charge in [-0.05, 0) is 36.5 Å². The van der Waals surface area contributed by atoms with E-state index < -0.39 is 11.6 Å². The molecule has 2 N–H and O–H groups in total. The highest BCUT2D eigenvalue weighted by Gasteiger charge is 2.15. The Morgan fingerprint density at radius 3 is 2.05 bits per heavy atom. The summed E-state index contributed by atoms with van der Waals surface area (Å²) in [7, 11) is 0. The van der Waals surface area contributed by atoms with Crippen molar-refractivity contribution in [3.05, 3.63) is 29.3 Å². The van der Waals surface area contributed by atoms with E-state index in [-0.39, 0.29) is 11.8 Å². The third-order valence-corrected chi connectivity index (χ3v) is 3.70. The van der Waals surface area contributed by atoms with Crippen LogP contribution in [-0.4, -0.2) is 12.6 Å². The van der Waals surface area contributed by atoms with Crippen LogP contribution >= 0.6 is 0 Å². The van der Waals surface area contributed by atoms with Crippen molar-refractivity contribution in [2.45, 2.75) is 52.5 Å². The molecule has 114 valence electrons. The topological polar surface area (TPSA) is 35.2 Å². The lowest BCUT2D eigenvalue weighted by molar-refractivity contribution is 0.221. The van der Waals surface area contributed by atoms with Gasteiger partial charge in [0.1, 0.15) is 0 Å². The van der Waals surface area contributed by atoms with E-state index in [1.807, 2.05) is 20.8 Å². The summed E-state index contributed by atoms with van der Waals surface area (Å²) in [5, 5.41) is 0. The molecule has 20 heavy (non-hydrogen) atoms. The van der Waals surface area contributed by atoms with Crippen molar-refractivity contribution < 1.29 is 13.5 Å². The van der Waals surface area contributed by atoms with E-state index in [0.717, 1.165) is 19.3 Å². The molecule has 1 unspecified atom stereocenters. The van der Waals surface area contributed by atoms with Crippen LogP contribution in [0.2, 0.25) is 0 Å². The van der Waals surface area contributed by atoms with Crippen molar-refractivity contribution in [3.8, 4) is 5.75 Å². The number of hydrogen-bond acceptors (Lipinski definition) is 2. The van der Waals surface area contributed by atoms with E-state index >= 15 is 0 Å². The Hall–Kier alpha value is -1.16. The van der Waals surface area contributed by atoms with Crippen LogP contribution in [0.5, 0.6) is 5.75 Å². The second-order valence-electron chi connectivity index (χ2n) is 5.25. The summed E-state index contributed by atoms with van der Waals surface area (Å²) in [6.45, 7) is 6.37. The van der Waals surface area contributed by atoms with Crippen LogP contribution < -0.4 is 10.5 Å². The molecule has 0 aromatic heterocycles. The van der Waals surface area contributed by atoms with E-state index in [1.165, 1.54) is 12.1 Å². The lowest BCUT2D eigenvalue weighted by atomic mass is 10.0. The molecule has 4 heteroatoms. The molecule has 1 aromatic rings. The van der Waals surface area contributed by atoms with Crippen molar-refractivity contribution in [3.63, 3.8) is 0 Å². The SMILES string of the molecule is CCC(N)Cc1cc(F)c(OCC(CC)CC)c(F)c1. The maximum absolute atomic E-state index is 13.9. The molecule has 1 aromatic carbocycles. The van der Waals surface area contributed by atoms with Crippen molar-refractivity contribution in [2.75, 3.05) is 6.61 Å². The molecule has 0 radical (unpaired) electrons. The molecule has 0 fully saturated rings. The minimum absolute atomic E-state index is 0.0786. The first-order chi connectivity index (χ1) is 9.51. The van der Waals surface area contributed by atoms with Crippen LogP contribution in [0.15, 0.2) is 12.1 Å². The second kappa shape index (κ2) is 8.20. The Morgan fingerprint density at radius 1 is 1.05 bits per heavy atom. The van der Waals surface area contributed by atoms with E-state index in [9.17, 15) is 8.78 Å². The molecule has 1 atom stereocenters. The predicted octanol–water partition coefficient (Wildman–Crippen LogP) is 4.06. The molecule has 0 spiro atoms.